The van der Waals surface area contributed by atoms with Gasteiger partial charge in [0.1, 0.15) is 17.3 Å². The number of hydrogen-bond donors (Lipinski definition) is 1. The van der Waals surface area contributed by atoms with Gasteiger partial charge in [-0.05, 0) is 5.92 Å². The topological polar surface area (TPSA) is 75.6 Å². The number of aromatic nitrogens is 2. The first kappa shape index (κ1) is 11.3. The van der Waals surface area contributed by atoms with Crippen molar-refractivity contribution in [2.24, 2.45) is 0 Å². The predicted octanol–water partition coefficient (Wildman–Crippen LogP) is 1.99. The highest BCUT2D eigenvalue weighted by Crippen LogP contribution is 2.26. The zero-order chi connectivity index (χ0) is 11.6. The SMILES string of the molecule is CC(C)c1nc(N)nc(C(F)F)c1C#N. The lowest BCUT2D eigenvalue weighted by Crippen LogP contribution is -2.09. The first-order chi connectivity index (χ1) is 6.97. The van der Waals surface area contributed by atoms with Gasteiger partial charge in [-0.15, -0.1) is 0 Å². The average Bonchev–Trinajstić information content (AvgIpc) is 2.16. The first-order valence-corrected chi connectivity index (χ1v) is 4.33. The minimum Gasteiger partial charge on any atom is -0.368 e. The Morgan fingerprint density at radius 1 is 1.27 bits per heavy atom. The maximum atomic E-state index is 12.5. The van der Waals surface area contributed by atoms with Gasteiger partial charge in [-0.2, -0.15) is 5.26 Å². The highest BCUT2D eigenvalue weighted by Gasteiger charge is 2.21. The monoisotopic (exact) mass is 212 g/mol. The molecular formula is C9H10F2N4. The van der Waals surface area contributed by atoms with E-state index in [4.69, 9.17) is 11.0 Å². The molecule has 0 saturated carbocycles. The van der Waals surface area contributed by atoms with E-state index in [1.54, 1.807) is 19.9 Å². The van der Waals surface area contributed by atoms with Crippen molar-refractivity contribution in [2.45, 2.75) is 26.2 Å². The van der Waals surface area contributed by atoms with E-state index in [-0.39, 0.29) is 23.1 Å². The fourth-order valence-corrected chi connectivity index (χ4v) is 1.21. The van der Waals surface area contributed by atoms with Crippen LogP contribution in [0.25, 0.3) is 0 Å². The molecule has 1 aromatic heterocycles. The molecule has 80 valence electrons. The van der Waals surface area contributed by atoms with Crippen molar-refractivity contribution in [1.29, 1.82) is 5.26 Å². The van der Waals surface area contributed by atoms with Gasteiger partial charge >= 0.3 is 0 Å². The van der Waals surface area contributed by atoms with Crippen molar-refractivity contribution in [3.8, 4) is 6.07 Å². The molecule has 0 aliphatic rings. The molecule has 0 atom stereocenters. The normalized spacial score (nSPS) is 10.7. The van der Waals surface area contributed by atoms with Crippen LogP contribution in [-0.2, 0) is 0 Å². The molecule has 6 heteroatoms. The van der Waals surface area contributed by atoms with E-state index in [1.165, 1.54) is 0 Å². The number of nitrogen functional groups attached to an aromatic ring is 1. The first-order valence-electron chi connectivity index (χ1n) is 4.33. The van der Waals surface area contributed by atoms with E-state index in [2.05, 4.69) is 9.97 Å². The molecule has 4 nitrogen and oxygen atoms in total. The number of alkyl halides is 2. The number of anilines is 1. The molecule has 0 aliphatic heterocycles. The molecule has 0 saturated heterocycles. The standard InChI is InChI=1S/C9H10F2N4/c1-4(2)6-5(3-12)7(8(10)11)15-9(13)14-6/h4,8H,1-2H3,(H2,13,14,15). The lowest BCUT2D eigenvalue weighted by Gasteiger charge is -2.10. The molecular weight excluding hydrogens is 202 g/mol. The number of hydrogen-bond acceptors (Lipinski definition) is 4. The van der Waals surface area contributed by atoms with Crippen LogP contribution < -0.4 is 5.73 Å². The second-order valence-corrected chi connectivity index (χ2v) is 3.29. The van der Waals surface area contributed by atoms with Crippen LogP contribution in [0.5, 0.6) is 0 Å². The summed E-state index contributed by atoms with van der Waals surface area (Å²) >= 11 is 0. The van der Waals surface area contributed by atoms with Crippen molar-refractivity contribution in [2.75, 3.05) is 5.73 Å². The van der Waals surface area contributed by atoms with E-state index in [0.717, 1.165) is 0 Å². The lowest BCUT2D eigenvalue weighted by atomic mass is 10.0. The molecule has 1 heterocycles. The molecule has 0 bridgehead atoms. The Labute approximate surface area is 85.8 Å². The highest BCUT2D eigenvalue weighted by molar-refractivity contribution is 5.42. The third-order valence-electron chi connectivity index (χ3n) is 1.85. The summed E-state index contributed by atoms with van der Waals surface area (Å²) in [6.07, 6.45) is -2.82. The maximum Gasteiger partial charge on any atom is 0.281 e. The van der Waals surface area contributed by atoms with Crippen molar-refractivity contribution in [1.82, 2.24) is 9.97 Å². The van der Waals surface area contributed by atoms with Gasteiger partial charge in [-0.3, -0.25) is 0 Å². The van der Waals surface area contributed by atoms with Gasteiger partial charge in [-0.25, -0.2) is 18.7 Å². The molecule has 0 fully saturated rings. The van der Waals surface area contributed by atoms with Crippen LogP contribution in [0.2, 0.25) is 0 Å². The van der Waals surface area contributed by atoms with E-state index in [9.17, 15) is 8.78 Å². The quantitative estimate of drug-likeness (QED) is 0.813. The Kier molecular flexibility index (Phi) is 3.14. The van der Waals surface area contributed by atoms with E-state index in [0.29, 0.717) is 0 Å². The lowest BCUT2D eigenvalue weighted by molar-refractivity contribution is 0.145. The molecule has 1 aromatic rings. The summed E-state index contributed by atoms with van der Waals surface area (Å²) < 4.78 is 25.1. The molecule has 1 rings (SSSR count). The van der Waals surface area contributed by atoms with Crippen LogP contribution in [0.1, 0.15) is 43.1 Å². The predicted molar refractivity (Wildman–Crippen MR) is 50.2 cm³/mol. The van der Waals surface area contributed by atoms with Crippen LogP contribution in [0.4, 0.5) is 14.7 Å². The van der Waals surface area contributed by atoms with Gasteiger partial charge in [0, 0.05) is 0 Å². The fraction of sp³-hybridized carbons (Fsp3) is 0.444. The summed E-state index contributed by atoms with van der Waals surface area (Å²) in [7, 11) is 0. The number of nitrogens with zero attached hydrogens (tertiary/aromatic N) is 3. The van der Waals surface area contributed by atoms with Gasteiger partial charge < -0.3 is 5.73 Å². The second-order valence-electron chi connectivity index (χ2n) is 3.29. The second kappa shape index (κ2) is 4.17. The summed E-state index contributed by atoms with van der Waals surface area (Å²) in [5.41, 5.74) is 4.80. The van der Waals surface area contributed by atoms with Crippen LogP contribution in [0.15, 0.2) is 0 Å². The Morgan fingerprint density at radius 2 is 1.80 bits per heavy atom. The van der Waals surface area contributed by atoms with Crippen molar-refractivity contribution < 1.29 is 8.78 Å². The summed E-state index contributed by atoms with van der Waals surface area (Å²) in [5, 5.41) is 8.78. The smallest absolute Gasteiger partial charge is 0.281 e. The van der Waals surface area contributed by atoms with Gasteiger partial charge in [0.25, 0.3) is 6.43 Å². The molecule has 0 radical (unpaired) electrons. The zero-order valence-electron chi connectivity index (χ0n) is 8.33. The van der Waals surface area contributed by atoms with Gasteiger partial charge in [0.05, 0.1) is 5.69 Å². The van der Waals surface area contributed by atoms with Crippen LogP contribution in [0.3, 0.4) is 0 Å². The Bertz CT molecular complexity index is 380. The minimum absolute atomic E-state index is 0.151. The molecule has 0 unspecified atom stereocenters. The van der Waals surface area contributed by atoms with Crippen molar-refractivity contribution >= 4 is 5.95 Å². The van der Waals surface area contributed by atoms with E-state index in [1.807, 2.05) is 0 Å². The van der Waals surface area contributed by atoms with Gasteiger partial charge in [0.15, 0.2) is 0 Å². The maximum absolute atomic E-state index is 12.5. The molecule has 2 N–H and O–H groups in total. The summed E-state index contributed by atoms with van der Waals surface area (Å²) in [5.74, 6) is -0.379. The molecule has 15 heavy (non-hydrogen) atoms. The molecule has 0 amide bonds. The molecule has 0 spiro atoms. The number of rotatable bonds is 2. The molecule has 0 aromatic carbocycles. The van der Waals surface area contributed by atoms with E-state index < -0.39 is 12.1 Å². The van der Waals surface area contributed by atoms with E-state index >= 15 is 0 Å². The summed E-state index contributed by atoms with van der Waals surface area (Å²) in [6.45, 7) is 3.50. The summed E-state index contributed by atoms with van der Waals surface area (Å²) in [6, 6.07) is 1.69. The Hall–Kier alpha value is -1.77. The summed E-state index contributed by atoms with van der Waals surface area (Å²) in [4.78, 5) is 7.18. The van der Waals surface area contributed by atoms with Crippen molar-refractivity contribution in [3.63, 3.8) is 0 Å². The number of nitriles is 1. The largest absolute Gasteiger partial charge is 0.368 e. The number of nitrogens with two attached hydrogens (primary N) is 1. The van der Waals surface area contributed by atoms with Crippen molar-refractivity contribution in [3.05, 3.63) is 17.0 Å². The zero-order valence-corrected chi connectivity index (χ0v) is 8.33. The average molecular weight is 212 g/mol. The third-order valence-corrected chi connectivity index (χ3v) is 1.85. The molecule has 0 aliphatic carbocycles. The number of halogens is 2. The van der Waals surface area contributed by atoms with Crippen LogP contribution in [0, 0.1) is 11.3 Å². The van der Waals surface area contributed by atoms with Gasteiger partial charge in [0.2, 0.25) is 5.95 Å². The minimum atomic E-state index is -2.82. The van der Waals surface area contributed by atoms with Crippen LogP contribution >= 0.6 is 0 Å². The van der Waals surface area contributed by atoms with Crippen LogP contribution in [-0.4, -0.2) is 9.97 Å². The third kappa shape index (κ3) is 2.18. The Balaban J connectivity index is 3.47. The highest BCUT2D eigenvalue weighted by atomic mass is 19.3. The fourth-order valence-electron chi connectivity index (χ4n) is 1.21. The Morgan fingerprint density at radius 3 is 2.20 bits per heavy atom. The van der Waals surface area contributed by atoms with Gasteiger partial charge in [-0.1, -0.05) is 13.8 Å².